The number of nitrogens with two attached hydrogens (primary N) is 1. The zero-order valence-electron chi connectivity index (χ0n) is 8.29. The highest BCUT2D eigenvalue weighted by molar-refractivity contribution is 7.98. The van der Waals surface area contributed by atoms with Gasteiger partial charge in [-0.25, -0.2) is 0 Å². The highest BCUT2D eigenvalue weighted by Crippen LogP contribution is 1.95. The number of hydrogen-bond acceptors (Lipinski definition) is 4. The second-order valence-corrected chi connectivity index (χ2v) is 3.98. The Morgan fingerprint density at radius 1 is 1.69 bits per heavy atom. The van der Waals surface area contributed by atoms with E-state index in [2.05, 4.69) is 16.7 Å². The molecule has 0 spiro atoms. The standard InChI is InChI=1S/C8H19N3OS/c1-7(6-8(9)11-12)10-4-3-5-13-2/h7,10,12H,3-6H2,1-2H3,(H2,9,11). The molecule has 0 aromatic heterocycles. The minimum atomic E-state index is 0.276. The fraction of sp³-hybridized carbons (Fsp3) is 0.875. The zero-order chi connectivity index (χ0) is 10.1. The van der Waals surface area contributed by atoms with Gasteiger partial charge in [0, 0.05) is 12.5 Å². The van der Waals surface area contributed by atoms with E-state index in [1.165, 1.54) is 5.75 Å². The first kappa shape index (κ1) is 12.6. The van der Waals surface area contributed by atoms with Gasteiger partial charge >= 0.3 is 0 Å². The van der Waals surface area contributed by atoms with Crippen molar-refractivity contribution < 1.29 is 5.21 Å². The summed E-state index contributed by atoms with van der Waals surface area (Å²) in [6, 6.07) is 0.276. The lowest BCUT2D eigenvalue weighted by molar-refractivity contribution is 0.316. The molecule has 0 bridgehead atoms. The number of oxime groups is 1. The molecule has 0 aliphatic heterocycles. The van der Waals surface area contributed by atoms with E-state index in [9.17, 15) is 0 Å². The highest BCUT2D eigenvalue weighted by Gasteiger charge is 2.02. The van der Waals surface area contributed by atoms with Crippen LogP contribution in [0.15, 0.2) is 5.16 Å². The van der Waals surface area contributed by atoms with E-state index in [4.69, 9.17) is 10.9 Å². The fourth-order valence-electron chi connectivity index (χ4n) is 0.992. The lowest BCUT2D eigenvalue weighted by atomic mass is 10.2. The van der Waals surface area contributed by atoms with Crippen LogP contribution in [0.25, 0.3) is 0 Å². The maximum Gasteiger partial charge on any atom is 0.140 e. The molecule has 0 rings (SSSR count). The predicted octanol–water partition coefficient (Wildman–Crippen LogP) is 0.854. The van der Waals surface area contributed by atoms with Gasteiger partial charge in [-0.2, -0.15) is 11.8 Å². The summed E-state index contributed by atoms with van der Waals surface area (Å²) in [7, 11) is 0. The first-order chi connectivity index (χ1) is 6.20. The van der Waals surface area contributed by atoms with Crippen molar-refractivity contribution in [1.29, 1.82) is 0 Å². The van der Waals surface area contributed by atoms with E-state index >= 15 is 0 Å². The molecule has 0 amide bonds. The van der Waals surface area contributed by atoms with Crippen LogP contribution in [0.4, 0.5) is 0 Å². The van der Waals surface area contributed by atoms with Crippen molar-refractivity contribution in [2.75, 3.05) is 18.6 Å². The molecule has 0 fully saturated rings. The molecule has 0 aliphatic carbocycles. The van der Waals surface area contributed by atoms with E-state index in [0.717, 1.165) is 13.0 Å². The van der Waals surface area contributed by atoms with E-state index in [1.807, 2.05) is 18.7 Å². The van der Waals surface area contributed by atoms with Crippen LogP contribution in [-0.2, 0) is 0 Å². The third kappa shape index (κ3) is 7.93. The molecule has 0 aromatic rings. The Bertz CT molecular complexity index is 152. The number of rotatable bonds is 7. The molecule has 13 heavy (non-hydrogen) atoms. The molecule has 4 nitrogen and oxygen atoms in total. The Balaban J connectivity index is 3.35. The SMILES string of the molecule is CSCCCNC(C)CC(N)=NO. The van der Waals surface area contributed by atoms with Crippen molar-refractivity contribution in [3.8, 4) is 0 Å². The molecule has 1 unspecified atom stereocenters. The lowest BCUT2D eigenvalue weighted by Crippen LogP contribution is -2.31. The predicted molar refractivity (Wildman–Crippen MR) is 58.5 cm³/mol. The smallest absolute Gasteiger partial charge is 0.140 e. The van der Waals surface area contributed by atoms with Crippen LogP contribution in [0.2, 0.25) is 0 Å². The van der Waals surface area contributed by atoms with Gasteiger partial charge in [0.25, 0.3) is 0 Å². The summed E-state index contributed by atoms with van der Waals surface area (Å²) < 4.78 is 0. The molecule has 5 heteroatoms. The Morgan fingerprint density at radius 3 is 2.92 bits per heavy atom. The molecule has 4 N–H and O–H groups in total. The molecule has 0 aliphatic rings. The molecule has 0 aromatic carbocycles. The van der Waals surface area contributed by atoms with Crippen molar-refractivity contribution in [3.05, 3.63) is 0 Å². The molecule has 78 valence electrons. The van der Waals surface area contributed by atoms with Crippen molar-refractivity contribution in [2.24, 2.45) is 10.9 Å². The third-order valence-electron chi connectivity index (χ3n) is 1.66. The molecule has 0 saturated heterocycles. The summed E-state index contributed by atoms with van der Waals surface area (Å²) in [5.41, 5.74) is 5.36. The maximum absolute atomic E-state index is 8.33. The number of thioether (sulfide) groups is 1. The van der Waals surface area contributed by atoms with Gasteiger partial charge in [-0.05, 0) is 31.9 Å². The molecule has 1 atom stereocenters. The average Bonchev–Trinajstić information content (AvgIpc) is 2.12. The molecule has 0 radical (unpaired) electrons. The summed E-state index contributed by atoms with van der Waals surface area (Å²) in [5.74, 6) is 1.45. The molecule has 0 heterocycles. The van der Waals surface area contributed by atoms with Gasteiger partial charge in [-0.3, -0.25) is 0 Å². The third-order valence-corrected chi connectivity index (χ3v) is 2.36. The number of nitrogens with one attached hydrogen (secondary N) is 1. The Labute approximate surface area is 84.0 Å². The zero-order valence-corrected chi connectivity index (χ0v) is 9.10. The number of amidine groups is 1. The van der Waals surface area contributed by atoms with Crippen LogP contribution in [0.1, 0.15) is 19.8 Å². The van der Waals surface area contributed by atoms with Crippen LogP contribution in [0.3, 0.4) is 0 Å². The normalized spacial score (nSPS) is 14.5. The van der Waals surface area contributed by atoms with E-state index in [-0.39, 0.29) is 11.9 Å². The fourth-order valence-corrected chi connectivity index (χ4v) is 1.42. The summed E-state index contributed by atoms with van der Waals surface area (Å²) in [6.45, 7) is 3.01. The van der Waals surface area contributed by atoms with Gasteiger partial charge in [0.15, 0.2) is 0 Å². The van der Waals surface area contributed by atoms with Gasteiger partial charge in [-0.1, -0.05) is 5.16 Å². The summed E-state index contributed by atoms with van der Waals surface area (Å²) in [4.78, 5) is 0. The van der Waals surface area contributed by atoms with Crippen LogP contribution in [0, 0.1) is 0 Å². The van der Waals surface area contributed by atoms with Crippen LogP contribution >= 0.6 is 11.8 Å². The van der Waals surface area contributed by atoms with Crippen molar-refractivity contribution >= 4 is 17.6 Å². The quantitative estimate of drug-likeness (QED) is 0.189. The van der Waals surface area contributed by atoms with E-state index in [1.54, 1.807) is 0 Å². The maximum atomic E-state index is 8.33. The summed E-state index contributed by atoms with van der Waals surface area (Å²) in [6.07, 6.45) is 3.84. The van der Waals surface area contributed by atoms with Crippen molar-refractivity contribution in [3.63, 3.8) is 0 Å². The summed E-state index contributed by atoms with van der Waals surface area (Å²) >= 11 is 1.84. The summed E-state index contributed by atoms with van der Waals surface area (Å²) in [5, 5.41) is 14.5. The molecular formula is C8H19N3OS. The van der Waals surface area contributed by atoms with Gasteiger partial charge < -0.3 is 16.3 Å². The van der Waals surface area contributed by atoms with Crippen LogP contribution in [0.5, 0.6) is 0 Å². The minimum Gasteiger partial charge on any atom is -0.409 e. The van der Waals surface area contributed by atoms with Gasteiger partial charge in [0.2, 0.25) is 0 Å². The Hall–Kier alpha value is -0.420. The first-order valence-electron chi connectivity index (χ1n) is 4.39. The average molecular weight is 205 g/mol. The first-order valence-corrected chi connectivity index (χ1v) is 5.78. The lowest BCUT2D eigenvalue weighted by Gasteiger charge is -2.11. The second kappa shape index (κ2) is 8.19. The number of hydrogen-bond donors (Lipinski definition) is 3. The van der Waals surface area contributed by atoms with Crippen molar-refractivity contribution in [1.82, 2.24) is 5.32 Å². The van der Waals surface area contributed by atoms with Gasteiger partial charge in [0.1, 0.15) is 5.84 Å². The topological polar surface area (TPSA) is 70.6 Å². The monoisotopic (exact) mass is 205 g/mol. The second-order valence-electron chi connectivity index (χ2n) is 3.00. The van der Waals surface area contributed by atoms with E-state index < -0.39 is 0 Å². The van der Waals surface area contributed by atoms with Crippen molar-refractivity contribution in [2.45, 2.75) is 25.8 Å². The minimum absolute atomic E-state index is 0.276. The largest absolute Gasteiger partial charge is 0.409 e. The molecular weight excluding hydrogens is 186 g/mol. The molecule has 0 saturated carbocycles. The van der Waals surface area contributed by atoms with Gasteiger partial charge in [0.05, 0.1) is 0 Å². The van der Waals surface area contributed by atoms with Crippen LogP contribution in [-0.4, -0.2) is 35.6 Å². The Kier molecular flexibility index (Phi) is 7.93. The van der Waals surface area contributed by atoms with Crippen LogP contribution < -0.4 is 11.1 Å². The Morgan fingerprint density at radius 2 is 2.38 bits per heavy atom. The highest BCUT2D eigenvalue weighted by atomic mass is 32.2. The van der Waals surface area contributed by atoms with Gasteiger partial charge in [-0.15, -0.1) is 0 Å². The number of nitrogens with zero attached hydrogens (tertiary/aromatic N) is 1. The van der Waals surface area contributed by atoms with E-state index in [0.29, 0.717) is 6.42 Å².